The normalized spacial score (nSPS) is 9.96. The van der Waals surface area contributed by atoms with E-state index in [2.05, 4.69) is 104 Å². The number of rotatable bonds is 3. The van der Waals surface area contributed by atoms with E-state index in [-0.39, 0.29) is 64.4 Å². The largest absolute Gasteiger partial charge is 4.00 e. The minimum atomic E-state index is -0.161. The van der Waals surface area contributed by atoms with Crippen molar-refractivity contribution in [2.24, 2.45) is 0 Å². The van der Waals surface area contributed by atoms with E-state index in [1.807, 2.05) is 0 Å². The topological polar surface area (TPSA) is 0 Å². The second kappa shape index (κ2) is 11.0. The summed E-state index contributed by atoms with van der Waals surface area (Å²) in [6.45, 7) is 2.33. The van der Waals surface area contributed by atoms with Gasteiger partial charge in [-0.05, 0) is 11.1 Å². The Hall–Kier alpha value is -1.15. The molecule has 27 heavy (non-hydrogen) atoms. The number of benzene rings is 3. The molecule has 0 heterocycles. The van der Waals surface area contributed by atoms with E-state index in [1.165, 1.54) is 27.5 Å². The first kappa shape index (κ1) is 25.9. The van der Waals surface area contributed by atoms with Gasteiger partial charge in [0.1, 0.15) is 0 Å². The Morgan fingerprint density at radius 3 is 1.56 bits per heavy atom. The maximum atomic E-state index is 2.33. The summed E-state index contributed by atoms with van der Waals surface area (Å²) in [5.74, 6) is 0. The zero-order chi connectivity index (χ0) is 15.7. The molecular formula is C23H19Cl3Ti. The van der Waals surface area contributed by atoms with Crippen molar-refractivity contribution in [3.8, 4) is 0 Å². The van der Waals surface area contributed by atoms with Crippen LogP contribution in [0.15, 0.2) is 97.1 Å². The quantitative estimate of drug-likeness (QED) is 0.230. The maximum absolute atomic E-state index is 2.33. The summed E-state index contributed by atoms with van der Waals surface area (Å²) in [5, 5.41) is 2.64. The molecule has 0 aliphatic heterocycles. The average Bonchev–Trinajstić information content (AvgIpc) is 3.07. The summed E-state index contributed by atoms with van der Waals surface area (Å²) in [6.07, 6.45) is 0. The van der Waals surface area contributed by atoms with E-state index in [4.69, 9.17) is 0 Å². The molecule has 0 unspecified atom stereocenters. The molecule has 0 amide bonds. The fraction of sp³-hybridized carbons (Fsp3) is 0.0870. The number of halogens is 3. The Bertz CT molecular complexity index is 894. The summed E-state index contributed by atoms with van der Waals surface area (Å²) in [5.41, 5.74) is 3.85. The van der Waals surface area contributed by atoms with Crippen molar-refractivity contribution >= 4 is 10.8 Å². The van der Waals surface area contributed by atoms with Gasteiger partial charge in [0.2, 0.25) is 0 Å². The molecule has 4 heteroatoms. The monoisotopic (exact) mass is 448 g/mol. The molecule has 0 nitrogen and oxygen atoms in total. The molecule has 0 atom stereocenters. The van der Waals surface area contributed by atoms with E-state index >= 15 is 0 Å². The van der Waals surface area contributed by atoms with Gasteiger partial charge in [0.05, 0.1) is 0 Å². The third kappa shape index (κ3) is 4.65. The van der Waals surface area contributed by atoms with Crippen LogP contribution in [-0.2, 0) is 27.1 Å². The Kier molecular flexibility index (Phi) is 10.5. The predicted octanol–water partition coefficient (Wildman–Crippen LogP) is -3.08. The number of fused-ring (bicyclic) bond motifs is 1. The van der Waals surface area contributed by atoms with Gasteiger partial charge in [-0.25, -0.2) is 0 Å². The van der Waals surface area contributed by atoms with Gasteiger partial charge in [-0.15, -0.1) is 40.6 Å². The van der Waals surface area contributed by atoms with E-state index in [1.54, 1.807) is 0 Å². The van der Waals surface area contributed by atoms with Crippen LogP contribution in [0.2, 0.25) is 0 Å². The smallest absolute Gasteiger partial charge is 1.00 e. The minimum absolute atomic E-state index is 0. The van der Waals surface area contributed by atoms with Crippen LogP contribution in [0.5, 0.6) is 0 Å². The molecule has 0 bridgehead atoms. The summed E-state index contributed by atoms with van der Waals surface area (Å²) in [6, 6.07) is 34.8. The molecule has 4 aromatic carbocycles. The molecule has 0 aliphatic carbocycles. The number of hydrogen-bond donors (Lipinski definition) is 0. The third-order valence-electron chi connectivity index (χ3n) is 4.92. The zero-order valence-electron chi connectivity index (χ0n) is 14.9. The minimum Gasteiger partial charge on any atom is -1.00 e. The van der Waals surface area contributed by atoms with Crippen molar-refractivity contribution in [1.82, 2.24) is 0 Å². The van der Waals surface area contributed by atoms with Gasteiger partial charge < -0.3 is 37.2 Å². The van der Waals surface area contributed by atoms with E-state index in [0.29, 0.717) is 0 Å². The molecule has 0 fully saturated rings. The van der Waals surface area contributed by atoms with Gasteiger partial charge in [0, 0.05) is 5.41 Å². The van der Waals surface area contributed by atoms with Crippen molar-refractivity contribution in [3.63, 3.8) is 0 Å². The van der Waals surface area contributed by atoms with E-state index < -0.39 is 0 Å². The maximum Gasteiger partial charge on any atom is 4.00 e. The van der Waals surface area contributed by atoms with E-state index in [0.717, 1.165) is 0 Å². The molecule has 0 saturated carbocycles. The first-order chi connectivity index (χ1) is 11.3. The van der Waals surface area contributed by atoms with Crippen LogP contribution in [0, 0.1) is 0 Å². The van der Waals surface area contributed by atoms with Crippen molar-refractivity contribution in [3.05, 3.63) is 114 Å². The first-order valence-electron chi connectivity index (χ1n) is 8.06. The Morgan fingerprint density at radius 1 is 0.593 bits per heavy atom. The SMILES string of the molecule is CC(c1ccccc1)(c1ccccc1)[c-]1ccc2ccccc21.[Cl-].[Cl-].[Cl-].[Ti+4]. The molecule has 0 aromatic heterocycles. The molecule has 0 saturated heterocycles. The van der Waals surface area contributed by atoms with Crippen molar-refractivity contribution in [2.45, 2.75) is 12.3 Å². The van der Waals surface area contributed by atoms with Gasteiger partial charge in [0.15, 0.2) is 0 Å². The van der Waals surface area contributed by atoms with Crippen molar-refractivity contribution < 1.29 is 58.9 Å². The van der Waals surface area contributed by atoms with Crippen LogP contribution >= 0.6 is 0 Å². The van der Waals surface area contributed by atoms with Gasteiger partial charge in [-0.1, -0.05) is 73.7 Å². The average molecular weight is 450 g/mol. The van der Waals surface area contributed by atoms with Crippen molar-refractivity contribution in [2.75, 3.05) is 0 Å². The molecule has 0 N–H and O–H groups in total. The van der Waals surface area contributed by atoms with Crippen LogP contribution in [-0.4, -0.2) is 0 Å². The summed E-state index contributed by atoms with van der Waals surface area (Å²) < 4.78 is 0. The van der Waals surface area contributed by atoms with Crippen LogP contribution in [0.25, 0.3) is 10.8 Å². The molecule has 0 aliphatic rings. The number of hydrogen-bond acceptors (Lipinski definition) is 0. The predicted molar refractivity (Wildman–Crippen MR) is 98.0 cm³/mol. The van der Waals surface area contributed by atoms with Crippen LogP contribution in [0.4, 0.5) is 0 Å². The molecule has 0 radical (unpaired) electrons. The van der Waals surface area contributed by atoms with Gasteiger partial charge in [-0.2, -0.15) is 6.07 Å². The van der Waals surface area contributed by atoms with Gasteiger partial charge >= 0.3 is 21.7 Å². The fourth-order valence-electron chi connectivity index (χ4n) is 3.61. The third-order valence-corrected chi connectivity index (χ3v) is 4.92. The van der Waals surface area contributed by atoms with Crippen LogP contribution < -0.4 is 37.2 Å². The Labute approximate surface area is 194 Å². The molecule has 4 aromatic rings. The second-order valence-corrected chi connectivity index (χ2v) is 6.19. The zero-order valence-corrected chi connectivity index (χ0v) is 18.7. The molecular weight excluding hydrogens is 430 g/mol. The fourth-order valence-corrected chi connectivity index (χ4v) is 3.61. The summed E-state index contributed by atoms with van der Waals surface area (Å²) in [7, 11) is 0. The second-order valence-electron chi connectivity index (χ2n) is 6.19. The van der Waals surface area contributed by atoms with Crippen LogP contribution in [0.3, 0.4) is 0 Å². The van der Waals surface area contributed by atoms with Crippen molar-refractivity contribution in [1.29, 1.82) is 0 Å². The van der Waals surface area contributed by atoms with Gasteiger partial charge in [0.25, 0.3) is 0 Å². The molecule has 0 spiro atoms. The van der Waals surface area contributed by atoms with Crippen LogP contribution in [0.1, 0.15) is 23.6 Å². The van der Waals surface area contributed by atoms with Gasteiger partial charge in [-0.3, -0.25) is 0 Å². The Morgan fingerprint density at radius 2 is 1.04 bits per heavy atom. The Balaban J connectivity index is 0.00000169. The summed E-state index contributed by atoms with van der Waals surface area (Å²) >= 11 is 0. The molecule has 4 rings (SSSR count). The molecule has 136 valence electrons. The summed E-state index contributed by atoms with van der Waals surface area (Å²) in [4.78, 5) is 0. The van der Waals surface area contributed by atoms with E-state index in [9.17, 15) is 0 Å². The standard InChI is InChI=1S/C23H19.3ClH.Ti/c1-23(19-11-4-2-5-12-19,20-13-6-3-7-14-20)22-17-16-18-10-8-9-15-21(18)22;;;;/h2-17H,1H3;3*1H;/q-1;;;;+4/p-3. The first-order valence-corrected chi connectivity index (χ1v) is 8.06.